The number of nitro benzene ring substituents is 1. The third kappa shape index (κ3) is 5.34. The SMILES string of the molecule is Cc1ccc(CCC(=O)N2CCN(c3ccc(C(F)(F)F)cc3[N+](=O)[O-])CC2)c(C)c1. The average Bonchev–Trinajstić information content (AvgIpc) is 2.72. The molecule has 0 aliphatic carbocycles. The van der Waals surface area contributed by atoms with Gasteiger partial charge in [0.05, 0.1) is 10.5 Å². The summed E-state index contributed by atoms with van der Waals surface area (Å²) in [7, 11) is 0. The Morgan fingerprint density at radius 3 is 2.32 bits per heavy atom. The molecule has 0 atom stereocenters. The predicted molar refractivity (Wildman–Crippen MR) is 111 cm³/mol. The number of anilines is 1. The summed E-state index contributed by atoms with van der Waals surface area (Å²) in [5.74, 6) is 0.00143. The smallest absolute Gasteiger partial charge is 0.362 e. The number of amides is 1. The van der Waals surface area contributed by atoms with Gasteiger partial charge in [0.15, 0.2) is 0 Å². The van der Waals surface area contributed by atoms with Crippen LogP contribution in [0.2, 0.25) is 0 Å². The normalized spacial score (nSPS) is 14.6. The van der Waals surface area contributed by atoms with Crippen molar-refractivity contribution in [3.63, 3.8) is 0 Å². The molecule has 2 aromatic rings. The minimum atomic E-state index is -4.65. The number of rotatable bonds is 5. The highest BCUT2D eigenvalue weighted by molar-refractivity contribution is 5.77. The van der Waals surface area contributed by atoms with E-state index in [0.29, 0.717) is 45.1 Å². The molecule has 0 unspecified atom stereocenters. The van der Waals surface area contributed by atoms with Gasteiger partial charge in [0.2, 0.25) is 5.91 Å². The van der Waals surface area contributed by atoms with Crippen LogP contribution in [-0.4, -0.2) is 41.9 Å². The van der Waals surface area contributed by atoms with Crippen LogP contribution in [0.25, 0.3) is 0 Å². The van der Waals surface area contributed by atoms with Gasteiger partial charge in [-0.1, -0.05) is 23.8 Å². The molecule has 0 bridgehead atoms. The van der Waals surface area contributed by atoms with Crippen LogP contribution < -0.4 is 4.90 Å². The standard InChI is InChI=1S/C22H24F3N3O3/c1-15-3-4-17(16(2)13-15)5-8-21(29)27-11-9-26(10-12-27)19-7-6-18(22(23,24)25)14-20(19)28(30)31/h3-4,6-7,13-14H,5,8-12H2,1-2H3. The lowest BCUT2D eigenvalue weighted by Crippen LogP contribution is -2.49. The highest BCUT2D eigenvalue weighted by atomic mass is 19.4. The largest absolute Gasteiger partial charge is 0.416 e. The number of halogens is 3. The van der Waals surface area contributed by atoms with Crippen LogP contribution in [0, 0.1) is 24.0 Å². The number of aryl methyl sites for hydroxylation is 3. The second-order valence-corrected chi connectivity index (χ2v) is 7.76. The summed E-state index contributed by atoms with van der Waals surface area (Å²) < 4.78 is 38.7. The second kappa shape index (κ2) is 8.95. The average molecular weight is 435 g/mol. The van der Waals surface area contributed by atoms with Crippen LogP contribution in [0.1, 0.15) is 28.7 Å². The van der Waals surface area contributed by atoms with Gasteiger partial charge in [-0.2, -0.15) is 13.2 Å². The molecule has 1 saturated heterocycles. The lowest BCUT2D eigenvalue weighted by Gasteiger charge is -2.36. The van der Waals surface area contributed by atoms with Crippen molar-refractivity contribution in [3.05, 3.63) is 68.8 Å². The van der Waals surface area contributed by atoms with Crippen molar-refractivity contribution >= 4 is 17.3 Å². The van der Waals surface area contributed by atoms with E-state index in [1.54, 1.807) is 9.80 Å². The lowest BCUT2D eigenvalue weighted by atomic mass is 10.0. The molecule has 0 radical (unpaired) electrons. The van der Waals surface area contributed by atoms with E-state index in [1.807, 2.05) is 26.0 Å². The number of piperazine rings is 1. The highest BCUT2D eigenvalue weighted by Gasteiger charge is 2.34. The molecule has 0 saturated carbocycles. The molecule has 1 heterocycles. The van der Waals surface area contributed by atoms with E-state index in [2.05, 4.69) is 6.07 Å². The van der Waals surface area contributed by atoms with E-state index < -0.39 is 22.4 Å². The number of alkyl halides is 3. The van der Waals surface area contributed by atoms with Crippen molar-refractivity contribution in [2.24, 2.45) is 0 Å². The summed E-state index contributed by atoms with van der Waals surface area (Å²) >= 11 is 0. The van der Waals surface area contributed by atoms with Crippen LogP contribution in [-0.2, 0) is 17.4 Å². The van der Waals surface area contributed by atoms with Crippen LogP contribution in [0.3, 0.4) is 0 Å². The summed E-state index contributed by atoms with van der Waals surface area (Å²) in [4.78, 5) is 26.5. The van der Waals surface area contributed by atoms with Crippen molar-refractivity contribution < 1.29 is 22.9 Å². The number of benzene rings is 2. The first kappa shape index (κ1) is 22.6. The molecule has 9 heteroatoms. The third-order valence-corrected chi connectivity index (χ3v) is 5.58. The van der Waals surface area contributed by atoms with E-state index in [0.717, 1.165) is 23.3 Å². The first-order chi connectivity index (χ1) is 14.6. The summed E-state index contributed by atoms with van der Waals surface area (Å²) in [6.07, 6.45) is -3.65. The van der Waals surface area contributed by atoms with Gasteiger partial charge in [-0.3, -0.25) is 14.9 Å². The van der Waals surface area contributed by atoms with E-state index in [1.165, 1.54) is 5.56 Å². The predicted octanol–water partition coefficient (Wildman–Crippen LogP) is 4.51. The van der Waals surface area contributed by atoms with E-state index in [-0.39, 0.29) is 11.6 Å². The highest BCUT2D eigenvalue weighted by Crippen LogP contribution is 2.36. The summed E-state index contributed by atoms with van der Waals surface area (Å²) in [5, 5.41) is 11.3. The Bertz CT molecular complexity index is 984. The lowest BCUT2D eigenvalue weighted by molar-refractivity contribution is -0.384. The first-order valence-electron chi connectivity index (χ1n) is 10.0. The zero-order valence-corrected chi connectivity index (χ0v) is 17.4. The Balaban J connectivity index is 1.62. The van der Waals surface area contributed by atoms with Crippen LogP contribution in [0.5, 0.6) is 0 Å². The fourth-order valence-corrected chi connectivity index (χ4v) is 3.84. The zero-order valence-electron chi connectivity index (χ0n) is 17.4. The fraction of sp³-hybridized carbons (Fsp3) is 0.409. The Labute approximate surface area is 178 Å². The van der Waals surface area contributed by atoms with Gasteiger partial charge in [0, 0.05) is 38.7 Å². The molecule has 0 aromatic heterocycles. The topological polar surface area (TPSA) is 66.7 Å². The fourth-order valence-electron chi connectivity index (χ4n) is 3.84. The Hall–Kier alpha value is -3.10. The molecule has 31 heavy (non-hydrogen) atoms. The maximum atomic E-state index is 12.9. The number of hydrogen-bond donors (Lipinski definition) is 0. The van der Waals surface area contributed by atoms with Gasteiger partial charge in [0.1, 0.15) is 5.69 Å². The number of hydrogen-bond acceptors (Lipinski definition) is 4. The van der Waals surface area contributed by atoms with Gasteiger partial charge >= 0.3 is 6.18 Å². The van der Waals surface area contributed by atoms with Gasteiger partial charge in [0.25, 0.3) is 5.69 Å². The molecular formula is C22H24F3N3O3. The van der Waals surface area contributed by atoms with Gasteiger partial charge < -0.3 is 9.80 Å². The monoisotopic (exact) mass is 435 g/mol. The molecule has 1 amide bonds. The Morgan fingerprint density at radius 1 is 1.06 bits per heavy atom. The van der Waals surface area contributed by atoms with Crippen molar-refractivity contribution in [3.8, 4) is 0 Å². The van der Waals surface area contributed by atoms with Gasteiger partial charge in [-0.05, 0) is 43.5 Å². The molecule has 2 aromatic carbocycles. The van der Waals surface area contributed by atoms with Gasteiger partial charge in [-0.15, -0.1) is 0 Å². The Morgan fingerprint density at radius 2 is 1.74 bits per heavy atom. The van der Waals surface area contributed by atoms with Gasteiger partial charge in [-0.25, -0.2) is 0 Å². The summed E-state index contributed by atoms with van der Waals surface area (Å²) in [6.45, 7) is 5.40. The maximum absolute atomic E-state index is 12.9. The van der Waals surface area contributed by atoms with Crippen LogP contribution in [0.4, 0.5) is 24.5 Å². The second-order valence-electron chi connectivity index (χ2n) is 7.76. The van der Waals surface area contributed by atoms with Crippen LogP contribution in [0.15, 0.2) is 36.4 Å². The first-order valence-corrected chi connectivity index (χ1v) is 10.0. The third-order valence-electron chi connectivity index (χ3n) is 5.58. The molecule has 166 valence electrons. The van der Waals surface area contributed by atoms with Crippen molar-refractivity contribution in [2.75, 3.05) is 31.1 Å². The molecule has 3 rings (SSSR count). The minimum absolute atomic E-state index is 0.00143. The van der Waals surface area contributed by atoms with E-state index in [9.17, 15) is 28.1 Å². The molecule has 1 aliphatic rings. The number of nitro groups is 1. The number of nitrogens with zero attached hydrogens (tertiary/aromatic N) is 3. The Kier molecular flexibility index (Phi) is 6.52. The summed E-state index contributed by atoms with van der Waals surface area (Å²) in [6, 6.07) is 8.68. The number of carbonyl (C=O) groups is 1. The molecule has 1 fully saturated rings. The van der Waals surface area contributed by atoms with E-state index >= 15 is 0 Å². The molecule has 0 N–H and O–H groups in total. The molecular weight excluding hydrogens is 411 g/mol. The van der Waals surface area contributed by atoms with E-state index in [4.69, 9.17) is 0 Å². The maximum Gasteiger partial charge on any atom is 0.416 e. The zero-order chi connectivity index (χ0) is 22.8. The quantitative estimate of drug-likeness (QED) is 0.512. The number of carbonyl (C=O) groups excluding carboxylic acids is 1. The summed E-state index contributed by atoms with van der Waals surface area (Å²) in [5.41, 5.74) is 1.94. The molecule has 0 spiro atoms. The van der Waals surface area contributed by atoms with Crippen molar-refractivity contribution in [1.82, 2.24) is 4.90 Å². The molecule has 1 aliphatic heterocycles. The molecule has 6 nitrogen and oxygen atoms in total. The van der Waals surface area contributed by atoms with Crippen molar-refractivity contribution in [1.29, 1.82) is 0 Å². The van der Waals surface area contributed by atoms with Crippen molar-refractivity contribution in [2.45, 2.75) is 32.9 Å². The van der Waals surface area contributed by atoms with Crippen LogP contribution >= 0.6 is 0 Å². The minimum Gasteiger partial charge on any atom is -0.362 e.